The highest BCUT2D eigenvalue weighted by Gasteiger charge is 2.51. The molecule has 0 fully saturated rings. The lowest BCUT2D eigenvalue weighted by atomic mass is 9.96. The number of Topliss-reactive ketones (excluding diaryl/α,β-unsaturated/α-hetero) is 1. The van der Waals surface area contributed by atoms with Gasteiger partial charge in [-0.3, -0.25) is 4.79 Å². The zero-order chi connectivity index (χ0) is 14.2. The summed E-state index contributed by atoms with van der Waals surface area (Å²) in [5.74, 6) is -0.358. The summed E-state index contributed by atoms with van der Waals surface area (Å²) < 4.78 is 22.9. The van der Waals surface area contributed by atoms with Crippen LogP contribution in [0, 0.1) is 0 Å². The van der Waals surface area contributed by atoms with Crippen LogP contribution in [0.2, 0.25) is 0 Å². The SMILES string of the molecule is CC(=O)[C@](C)(c1ccccc1)S(=O)(=O)C(C)(C)C. The first kappa shape index (κ1) is 14.9. The molecule has 0 radical (unpaired) electrons. The molecule has 0 aliphatic heterocycles. The second kappa shape index (κ2) is 4.50. The molecule has 0 spiro atoms. The molecule has 0 heterocycles. The third kappa shape index (κ3) is 2.09. The molecule has 1 aromatic carbocycles. The van der Waals surface area contributed by atoms with E-state index >= 15 is 0 Å². The fourth-order valence-corrected chi connectivity index (χ4v) is 3.97. The normalized spacial score (nSPS) is 16.1. The Labute approximate surface area is 109 Å². The number of rotatable bonds is 3. The van der Waals surface area contributed by atoms with Crippen molar-refractivity contribution in [2.24, 2.45) is 0 Å². The molecule has 0 aliphatic carbocycles. The quantitative estimate of drug-likeness (QED) is 0.847. The van der Waals surface area contributed by atoms with E-state index in [9.17, 15) is 13.2 Å². The van der Waals surface area contributed by atoms with Crippen LogP contribution in [0.4, 0.5) is 0 Å². The van der Waals surface area contributed by atoms with E-state index < -0.39 is 19.3 Å². The van der Waals surface area contributed by atoms with Gasteiger partial charge in [0.05, 0.1) is 4.75 Å². The van der Waals surface area contributed by atoms with Crippen LogP contribution < -0.4 is 0 Å². The number of hydrogen-bond acceptors (Lipinski definition) is 3. The fraction of sp³-hybridized carbons (Fsp3) is 0.500. The van der Waals surface area contributed by atoms with E-state index in [0.717, 1.165) is 0 Å². The zero-order valence-corrected chi connectivity index (χ0v) is 12.3. The average Bonchev–Trinajstić information content (AvgIpc) is 2.27. The molecule has 100 valence electrons. The molecule has 0 bridgehead atoms. The van der Waals surface area contributed by atoms with Gasteiger partial charge in [0.25, 0.3) is 0 Å². The van der Waals surface area contributed by atoms with Gasteiger partial charge in [0.2, 0.25) is 0 Å². The van der Waals surface area contributed by atoms with Crippen LogP contribution in [0.5, 0.6) is 0 Å². The van der Waals surface area contributed by atoms with Crippen molar-refractivity contribution in [2.75, 3.05) is 0 Å². The highest BCUT2D eigenvalue weighted by Crippen LogP contribution is 2.38. The van der Waals surface area contributed by atoms with Crippen LogP contribution in [0.15, 0.2) is 30.3 Å². The lowest BCUT2D eigenvalue weighted by molar-refractivity contribution is -0.119. The Morgan fingerprint density at radius 3 is 1.78 bits per heavy atom. The maximum absolute atomic E-state index is 12.7. The molecule has 0 aromatic heterocycles. The summed E-state index contributed by atoms with van der Waals surface area (Å²) in [6.07, 6.45) is 0. The van der Waals surface area contributed by atoms with Gasteiger partial charge in [-0.25, -0.2) is 8.42 Å². The van der Waals surface area contributed by atoms with E-state index in [1.807, 2.05) is 0 Å². The monoisotopic (exact) mass is 268 g/mol. The minimum absolute atomic E-state index is 0.358. The first-order valence-corrected chi connectivity index (χ1v) is 7.34. The van der Waals surface area contributed by atoms with Crippen LogP contribution in [0.1, 0.15) is 40.2 Å². The number of ketones is 1. The molecule has 1 rings (SSSR count). The first-order valence-electron chi connectivity index (χ1n) is 5.86. The van der Waals surface area contributed by atoms with Crippen LogP contribution >= 0.6 is 0 Å². The standard InChI is InChI=1S/C14H20O3S/c1-11(15)14(5,12-9-7-6-8-10-12)18(16,17)13(2,3)4/h6-10H,1-5H3/t14-/m1/s1. The predicted octanol–water partition coefficient (Wildman–Crippen LogP) is 2.70. The minimum Gasteiger partial charge on any atom is -0.298 e. The van der Waals surface area contributed by atoms with Crippen LogP contribution in [0.25, 0.3) is 0 Å². The van der Waals surface area contributed by atoms with E-state index in [0.29, 0.717) is 5.56 Å². The summed E-state index contributed by atoms with van der Waals surface area (Å²) in [4.78, 5) is 12.0. The number of hydrogen-bond donors (Lipinski definition) is 0. The van der Waals surface area contributed by atoms with E-state index in [1.165, 1.54) is 13.8 Å². The van der Waals surface area contributed by atoms with Crippen LogP contribution in [-0.4, -0.2) is 18.9 Å². The largest absolute Gasteiger partial charge is 0.298 e. The van der Waals surface area contributed by atoms with E-state index in [-0.39, 0.29) is 5.78 Å². The number of carbonyl (C=O) groups excluding carboxylic acids is 1. The molecule has 1 atom stereocenters. The highest BCUT2D eigenvalue weighted by molar-refractivity contribution is 7.94. The summed E-state index contributed by atoms with van der Waals surface area (Å²) in [6.45, 7) is 7.67. The Balaban J connectivity index is 3.60. The Morgan fingerprint density at radius 1 is 1.00 bits per heavy atom. The molecule has 0 aliphatic rings. The van der Waals surface area contributed by atoms with Crippen molar-refractivity contribution in [3.8, 4) is 0 Å². The van der Waals surface area contributed by atoms with Crippen LogP contribution in [-0.2, 0) is 19.4 Å². The number of sulfone groups is 1. The summed E-state index contributed by atoms with van der Waals surface area (Å²) in [6, 6.07) is 8.66. The molecule has 0 amide bonds. The number of carbonyl (C=O) groups is 1. The maximum Gasteiger partial charge on any atom is 0.171 e. The molecular weight excluding hydrogens is 248 g/mol. The molecule has 0 N–H and O–H groups in total. The molecule has 0 saturated carbocycles. The van der Waals surface area contributed by atoms with Gasteiger partial charge in [-0.05, 0) is 40.2 Å². The van der Waals surface area contributed by atoms with Crippen molar-refractivity contribution in [2.45, 2.75) is 44.1 Å². The van der Waals surface area contributed by atoms with Gasteiger partial charge in [0.15, 0.2) is 20.4 Å². The van der Waals surface area contributed by atoms with E-state index in [4.69, 9.17) is 0 Å². The van der Waals surface area contributed by atoms with Gasteiger partial charge in [0.1, 0.15) is 0 Å². The molecule has 0 saturated heterocycles. The number of benzene rings is 1. The molecule has 4 heteroatoms. The Hall–Kier alpha value is -1.16. The third-order valence-electron chi connectivity index (χ3n) is 3.34. The van der Waals surface area contributed by atoms with Gasteiger partial charge in [-0.15, -0.1) is 0 Å². The molecule has 1 aromatic rings. The summed E-state index contributed by atoms with van der Waals surface area (Å²) in [5.41, 5.74) is 0.521. The van der Waals surface area contributed by atoms with Gasteiger partial charge in [-0.1, -0.05) is 30.3 Å². The van der Waals surface area contributed by atoms with Gasteiger partial charge in [0, 0.05) is 0 Å². The third-order valence-corrected chi connectivity index (χ3v) is 6.55. The average molecular weight is 268 g/mol. The Bertz CT molecular complexity index is 538. The zero-order valence-electron chi connectivity index (χ0n) is 11.5. The van der Waals surface area contributed by atoms with Crippen molar-refractivity contribution in [1.82, 2.24) is 0 Å². The minimum atomic E-state index is -3.64. The van der Waals surface area contributed by atoms with Gasteiger partial charge in [-0.2, -0.15) is 0 Å². The fourth-order valence-electron chi connectivity index (χ4n) is 1.92. The second-order valence-electron chi connectivity index (χ2n) is 5.57. The Morgan fingerprint density at radius 2 is 1.44 bits per heavy atom. The van der Waals surface area contributed by atoms with E-state index in [1.54, 1.807) is 51.1 Å². The van der Waals surface area contributed by atoms with Gasteiger partial charge < -0.3 is 0 Å². The molecule has 18 heavy (non-hydrogen) atoms. The van der Waals surface area contributed by atoms with Crippen molar-refractivity contribution in [3.05, 3.63) is 35.9 Å². The van der Waals surface area contributed by atoms with Crippen LogP contribution in [0.3, 0.4) is 0 Å². The topological polar surface area (TPSA) is 51.2 Å². The van der Waals surface area contributed by atoms with Gasteiger partial charge >= 0.3 is 0 Å². The van der Waals surface area contributed by atoms with Crippen molar-refractivity contribution < 1.29 is 13.2 Å². The maximum atomic E-state index is 12.7. The molecule has 3 nitrogen and oxygen atoms in total. The molecule has 0 unspecified atom stereocenters. The van der Waals surface area contributed by atoms with Crippen molar-refractivity contribution >= 4 is 15.6 Å². The predicted molar refractivity (Wildman–Crippen MR) is 73.1 cm³/mol. The smallest absolute Gasteiger partial charge is 0.171 e. The first-order chi connectivity index (χ1) is 8.05. The summed E-state index contributed by atoms with van der Waals surface area (Å²) in [5, 5.41) is 0. The Kier molecular flexibility index (Phi) is 3.73. The van der Waals surface area contributed by atoms with Crippen molar-refractivity contribution in [3.63, 3.8) is 0 Å². The molecular formula is C14H20O3S. The lowest BCUT2D eigenvalue weighted by Crippen LogP contribution is -2.48. The van der Waals surface area contributed by atoms with Crippen molar-refractivity contribution in [1.29, 1.82) is 0 Å². The summed E-state index contributed by atoms with van der Waals surface area (Å²) in [7, 11) is -3.64. The summed E-state index contributed by atoms with van der Waals surface area (Å²) >= 11 is 0. The second-order valence-corrected chi connectivity index (χ2v) is 8.62. The lowest BCUT2D eigenvalue weighted by Gasteiger charge is -2.34. The van der Waals surface area contributed by atoms with E-state index in [2.05, 4.69) is 0 Å². The highest BCUT2D eigenvalue weighted by atomic mass is 32.2.